The number of hydrogen-bond donors (Lipinski definition) is 1. The fraction of sp³-hybridized carbons (Fsp3) is 0.533. The van der Waals surface area contributed by atoms with Crippen molar-refractivity contribution < 1.29 is 0 Å². The quantitative estimate of drug-likeness (QED) is 0.652. The van der Waals surface area contributed by atoms with E-state index in [2.05, 4.69) is 27.4 Å². The summed E-state index contributed by atoms with van der Waals surface area (Å²) in [7, 11) is 0. The van der Waals surface area contributed by atoms with Gasteiger partial charge in [-0.2, -0.15) is 11.8 Å². The van der Waals surface area contributed by atoms with Crippen molar-refractivity contribution in [3.63, 3.8) is 0 Å². The van der Waals surface area contributed by atoms with Crippen LogP contribution in [-0.4, -0.2) is 54.7 Å². The number of benzene rings is 1. The maximum Gasteiger partial charge on any atom is 0.169 e. The number of thioether (sulfide) groups is 1. The van der Waals surface area contributed by atoms with Gasteiger partial charge in [-0.1, -0.05) is 23.7 Å². The zero-order chi connectivity index (χ0) is 15.1. The van der Waals surface area contributed by atoms with Crippen LogP contribution in [0.25, 0.3) is 0 Å². The molecule has 1 fully saturated rings. The number of anilines is 1. The summed E-state index contributed by atoms with van der Waals surface area (Å²) >= 11 is 13.6. The minimum atomic E-state index is 0.823. The summed E-state index contributed by atoms with van der Waals surface area (Å²) in [6.45, 7) is 4.76. The topological polar surface area (TPSA) is 18.5 Å². The SMILES string of the molecule is CSCCCNC(=S)N1CCN(c2ccccc2Cl)CC1. The van der Waals surface area contributed by atoms with E-state index in [0.717, 1.165) is 55.0 Å². The molecule has 1 N–H and O–H groups in total. The van der Waals surface area contributed by atoms with E-state index in [0.29, 0.717) is 0 Å². The van der Waals surface area contributed by atoms with Crippen molar-refractivity contribution in [3.05, 3.63) is 29.3 Å². The minimum absolute atomic E-state index is 0.823. The molecule has 0 radical (unpaired) electrons. The Labute approximate surface area is 142 Å². The van der Waals surface area contributed by atoms with Crippen molar-refractivity contribution in [2.24, 2.45) is 0 Å². The normalized spacial score (nSPS) is 15.1. The first-order valence-electron chi connectivity index (χ1n) is 7.23. The van der Waals surface area contributed by atoms with Gasteiger partial charge in [0.05, 0.1) is 10.7 Å². The molecule has 1 aromatic carbocycles. The molecule has 1 aromatic rings. The van der Waals surface area contributed by atoms with Crippen LogP contribution < -0.4 is 10.2 Å². The number of para-hydroxylation sites is 1. The van der Waals surface area contributed by atoms with Crippen molar-refractivity contribution in [1.82, 2.24) is 10.2 Å². The van der Waals surface area contributed by atoms with E-state index >= 15 is 0 Å². The van der Waals surface area contributed by atoms with Crippen molar-refractivity contribution >= 4 is 46.4 Å². The number of nitrogens with zero attached hydrogens (tertiary/aromatic N) is 2. The number of hydrogen-bond acceptors (Lipinski definition) is 3. The predicted octanol–water partition coefficient (Wildman–Crippen LogP) is 3.09. The predicted molar refractivity (Wildman–Crippen MR) is 98.8 cm³/mol. The molecule has 0 amide bonds. The molecule has 0 unspecified atom stereocenters. The monoisotopic (exact) mass is 343 g/mol. The molecule has 21 heavy (non-hydrogen) atoms. The van der Waals surface area contributed by atoms with Gasteiger partial charge >= 0.3 is 0 Å². The molecule has 1 aliphatic heterocycles. The lowest BCUT2D eigenvalue weighted by molar-refractivity contribution is 0.380. The third kappa shape index (κ3) is 4.94. The van der Waals surface area contributed by atoms with Gasteiger partial charge in [0, 0.05) is 32.7 Å². The van der Waals surface area contributed by atoms with E-state index in [-0.39, 0.29) is 0 Å². The van der Waals surface area contributed by atoms with Crippen LogP contribution in [0.4, 0.5) is 5.69 Å². The molecular formula is C15H22ClN3S2. The summed E-state index contributed by atoms with van der Waals surface area (Å²) in [6.07, 6.45) is 3.28. The Balaban J connectivity index is 1.78. The smallest absolute Gasteiger partial charge is 0.169 e. The highest BCUT2D eigenvalue weighted by atomic mass is 35.5. The van der Waals surface area contributed by atoms with Gasteiger partial charge in [-0.15, -0.1) is 0 Å². The molecule has 2 rings (SSSR count). The fourth-order valence-electron chi connectivity index (χ4n) is 2.38. The van der Waals surface area contributed by atoms with Crippen LogP contribution in [-0.2, 0) is 0 Å². The Morgan fingerprint density at radius 3 is 2.67 bits per heavy atom. The molecule has 1 aliphatic rings. The Kier molecular flexibility index (Phi) is 6.93. The zero-order valence-corrected chi connectivity index (χ0v) is 14.7. The molecule has 0 aliphatic carbocycles. The van der Waals surface area contributed by atoms with Crippen LogP contribution in [0, 0.1) is 0 Å². The molecular weight excluding hydrogens is 322 g/mol. The van der Waals surface area contributed by atoms with Gasteiger partial charge in [-0.25, -0.2) is 0 Å². The third-order valence-corrected chi connectivity index (χ3v) is 4.98. The number of nitrogens with one attached hydrogen (secondary N) is 1. The van der Waals surface area contributed by atoms with Crippen LogP contribution in [0.3, 0.4) is 0 Å². The highest BCUT2D eigenvalue weighted by molar-refractivity contribution is 7.98. The minimum Gasteiger partial charge on any atom is -0.367 e. The van der Waals surface area contributed by atoms with E-state index in [1.165, 1.54) is 5.75 Å². The molecule has 0 bridgehead atoms. The van der Waals surface area contributed by atoms with Crippen molar-refractivity contribution in [2.75, 3.05) is 49.6 Å². The van der Waals surface area contributed by atoms with E-state index in [1.807, 2.05) is 30.0 Å². The number of rotatable bonds is 5. The van der Waals surface area contributed by atoms with E-state index < -0.39 is 0 Å². The average Bonchev–Trinajstić information content (AvgIpc) is 2.52. The highest BCUT2D eigenvalue weighted by Gasteiger charge is 2.20. The summed E-state index contributed by atoms with van der Waals surface area (Å²) in [6, 6.07) is 8.03. The van der Waals surface area contributed by atoms with Crippen LogP contribution in [0.15, 0.2) is 24.3 Å². The Morgan fingerprint density at radius 1 is 1.29 bits per heavy atom. The number of halogens is 1. The van der Waals surface area contributed by atoms with Crippen molar-refractivity contribution in [3.8, 4) is 0 Å². The van der Waals surface area contributed by atoms with Crippen LogP contribution in [0.1, 0.15) is 6.42 Å². The van der Waals surface area contributed by atoms with Gasteiger partial charge in [-0.05, 0) is 42.8 Å². The number of thiocarbonyl (C=S) groups is 1. The molecule has 3 nitrogen and oxygen atoms in total. The number of piperazine rings is 1. The largest absolute Gasteiger partial charge is 0.367 e. The zero-order valence-electron chi connectivity index (χ0n) is 12.3. The first-order chi connectivity index (χ1) is 10.2. The second-order valence-corrected chi connectivity index (χ2v) is 6.78. The van der Waals surface area contributed by atoms with Gasteiger partial charge in [0.1, 0.15) is 0 Å². The Hall–Kier alpha value is -0.650. The molecule has 0 aromatic heterocycles. The van der Waals surface area contributed by atoms with Gasteiger partial charge < -0.3 is 15.1 Å². The second-order valence-electron chi connectivity index (χ2n) is 5.00. The van der Waals surface area contributed by atoms with E-state index in [1.54, 1.807) is 0 Å². The molecule has 0 spiro atoms. The van der Waals surface area contributed by atoms with Crippen LogP contribution >= 0.6 is 35.6 Å². The molecule has 1 heterocycles. The lowest BCUT2D eigenvalue weighted by Crippen LogP contribution is -2.52. The van der Waals surface area contributed by atoms with E-state index in [4.69, 9.17) is 23.8 Å². The second kappa shape index (κ2) is 8.71. The average molecular weight is 344 g/mol. The Bertz CT molecular complexity index is 462. The van der Waals surface area contributed by atoms with Gasteiger partial charge in [0.15, 0.2) is 5.11 Å². The first-order valence-corrected chi connectivity index (χ1v) is 9.41. The van der Waals surface area contributed by atoms with Gasteiger partial charge in [-0.3, -0.25) is 0 Å². The van der Waals surface area contributed by atoms with Gasteiger partial charge in [0.25, 0.3) is 0 Å². The maximum absolute atomic E-state index is 6.26. The summed E-state index contributed by atoms with van der Waals surface area (Å²) in [5.41, 5.74) is 1.12. The highest BCUT2D eigenvalue weighted by Crippen LogP contribution is 2.25. The first kappa shape index (κ1) is 16.7. The van der Waals surface area contributed by atoms with Crippen molar-refractivity contribution in [1.29, 1.82) is 0 Å². The summed E-state index contributed by atoms with van der Waals surface area (Å²) in [5.74, 6) is 1.18. The van der Waals surface area contributed by atoms with Crippen LogP contribution in [0.5, 0.6) is 0 Å². The lowest BCUT2D eigenvalue weighted by atomic mass is 10.2. The fourth-order valence-corrected chi connectivity index (χ4v) is 3.36. The summed E-state index contributed by atoms with van der Waals surface area (Å²) in [4.78, 5) is 4.58. The summed E-state index contributed by atoms with van der Waals surface area (Å²) < 4.78 is 0. The molecule has 116 valence electrons. The molecule has 6 heteroatoms. The maximum atomic E-state index is 6.26. The van der Waals surface area contributed by atoms with Crippen molar-refractivity contribution in [2.45, 2.75) is 6.42 Å². The van der Waals surface area contributed by atoms with E-state index in [9.17, 15) is 0 Å². The van der Waals surface area contributed by atoms with Gasteiger partial charge in [0.2, 0.25) is 0 Å². The molecule has 1 saturated heterocycles. The Morgan fingerprint density at radius 2 is 2.00 bits per heavy atom. The summed E-state index contributed by atoms with van der Waals surface area (Å²) in [5, 5.41) is 5.06. The van der Waals surface area contributed by atoms with Crippen LogP contribution in [0.2, 0.25) is 5.02 Å². The lowest BCUT2D eigenvalue weighted by Gasteiger charge is -2.37. The molecule has 0 atom stereocenters. The third-order valence-electron chi connectivity index (χ3n) is 3.56. The molecule has 0 saturated carbocycles. The standard InChI is InChI=1S/C15H22ClN3S2/c1-21-12-4-7-17-15(20)19-10-8-18(9-11-19)14-6-3-2-5-13(14)16/h2-3,5-6H,4,7-12H2,1H3,(H,17,20).